The number of hydrogen-bond donors (Lipinski definition) is 2. The Bertz CT molecular complexity index is 528. The normalized spacial score (nSPS) is 19.0. The van der Waals surface area contributed by atoms with Crippen LogP contribution in [-0.4, -0.2) is 20.8 Å². The lowest BCUT2D eigenvalue weighted by Crippen LogP contribution is -2.32. The van der Waals surface area contributed by atoms with E-state index in [0.29, 0.717) is 0 Å². The molecule has 1 aromatic heterocycles. The van der Waals surface area contributed by atoms with Crippen molar-refractivity contribution in [1.29, 1.82) is 0 Å². The number of rotatable bonds is 1. The Morgan fingerprint density at radius 2 is 1.94 bits per heavy atom. The Morgan fingerprint density at radius 3 is 2.71 bits per heavy atom. The van der Waals surface area contributed by atoms with E-state index in [2.05, 4.69) is 14.8 Å². The number of anilines is 1. The summed E-state index contributed by atoms with van der Waals surface area (Å²) in [5.41, 5.74) is 13.4. The van der Waals surface area contributed by atoms with Crippen LogP contribution < -0.4 is 11.5 Å². The molecule has 1 aliphatic rings. The molecule has 0 amide bonds. The van der Waals surface area contributed by atoms with E-state index >= 15 is 0 Å². The average molecular weight is 229 g/mol. The first-order valence-electron chi connectivity index (χ1n) is 5.77. The van der Waals surface area contributed by atoms with E-state index in [9.17, 15) is 0 Å². The van der Waals surface area contributed by atoms with Gasteiger partial charge in [0.15, 0.2) is 5.82 Å². The Kier molecular flexibility index (Phi) is 2.33. The summed E-state index contributed by atoms with van der Waals surface area (Å²) < 4.78 is 2.11. The number of hydrogen-bond acceptors (Lipinski definition) is 4. The summed E-state index contributed by atoms with van der Waals surface area (Å²) in [4.78, 5) is 0. The molecule has 0 saturated heterocycles. The smallest absolute Gasteiger partial charge is 0.164 e. The molecule has 0 spiro atoms. The molecule has 1 aromatic carbocycles. The first-order valence-corrected chi connectivity index (χ1v) is 5.77. The van der Waals surface area contributed by atoms with Crippen LogP contribution in [0, 0.1) is 0 Å². The summed E-state index contributed by atoms with van der Waals surface area (Å²) in [5.74, 6) is 1.91. The SMILES string of the molecule is Nc1ccc(-c2nnc3n2CC(N)CC3)cc1. The van der Waals surface area contributed by atoms with Gasteiger partial charge in [0.1, 0.15) is 5.82 Å². The molecule has 4 N–H and O–H groups in total. The highest BCUT2D eigenvalue weighted by molar-refractivity contribution is 5.59. The van der Waals surface area contributed by atoms with Crippen molar-refractivity contribution < 1.29 is 0 Å². The van der Waals surface area contributed by atoms with Gasteiger partial charge in [0.05, 0.1) is 0 Å². The maximum atomic E-state index is 5.98. The third kappa shape index (κ3) is 1.78. The van der Waals surface area contributed by atoms with Gasteiger partial charge in [-0.15, -0.1) is 10.2 Å². The monoisotopic (exact) mass is 229 g/mol. The molecule has 5 nitrogen and oxygen atoms in total. The van der Waals surface area contributed by atoms with Crippen LogP contribution >= 0.6 is 0 Å². The second kappa shape index (κ2) is 3.85. The lowest BCUT2D eigenvalue weighted by Gasteiger charge is -2.20. The molecule has 1 unspecified atom stereocenters. The van der Waals surface area contributed by atoms with Crippen LogP contribution in [0.2, 0.25) is 0 Å². The largest absolute Gasteiger partial charge is 0.399 e. The van der Waals surface area contributed by atoms with Crippen LogP contribution in [0.1, 0.15) is 12.2 Å². The summed E-state index contributed by atoms with van der Waals surface area (Å²) in [6.45, 7) is 0.794. The Morgan fingerprint density at radius 1 is 1.18 bits per heavy atom. The van der Waals surface area contributed by atoms with Crippen molar-refractivity contribution >= 4 is 5.69 Å². The maximum Gasteiger partial charge on any atom is 0.164 e. The van der Waals surface area contributed by atoms with Crippen LogP contribution in [0.15, 0.2) is 24.3 Å². The van der Waals surface area contributed by atoms with Crippen molar-refractivity contribution in [2.45, 2.75) is 25.4 Å². The molecular formula is C12H15N5. The molecule has 0 bridgehead atoms. The second-order valence-electron chi connectivity index (χ2n) is 4.47. The first-order chi connectivity index (χ1) is 8.24. The molecule has 2 heterocycles. The molecule has 0 saturated carbocycles. The molecule has 0 radical (unpaired) electrons. The topological polar surface area (TPSA) is 82.8 Å². The number of benzene rings is 1. The number of aryl methyl sites for hydroxylation is 1. The van der Waals surface area contributed by atoms with Crippen LogP contribution in [0.25, 0.3) is 11.4 Å². The van der Waals surface area contributed by atoms with Crippen LogP contribution in [0.3, 0.4) is 0 Å². The standard InChI is InChI=1S/C12H15N5/c13-9-3-1-8(2-4-9)12-16-15-11-6-5-10(14)7-17(11)12/h1-4,10H,5-7,13-14H2. The van der Waals surface area contributed by atoms with E-state index in [1.54, 1.807) is 0 Å². The molecule has 5 heteroatoms. The summed E-state index contributed by atoms with van der Waals surface area (Å²) in [7, 11) is 0. The zero-order valence-electron chi connectivity index (χ0n) is 9.50. The van der Waals surface area contributed by atoms with Gasteiger partial charge in [0.2, 0.25) is 0 Å². The first kappa shape index (κ1) is 10.3. The number of nitrogens with two attached hydrogens (primary N) is 2. The van der Waals surface area contributed by atoms with Crippen molar-refractivity contribution in [1.82, 2.24) is 14.8 Å². The fourth-order valence-electron chi connectivity index (χ4n) is 2.20. The number of nitrogen functional groups attached to an aromatic ring is 1. The fourth-order valence-corrected chi connectivity index (χ4v) is 2.20. The van der Waals surface area contributed by atoms with Crippen molar-refractivity contribution in [3.05, 3.63) is 30.1 Å². The van der Waals surface area contributed by atoms with E-state index in [-0.39, 0.29) is 6.04 Å². The maximum absolute atomic E-state index is 5.98. The van der Waals surface area contributed by atoms with Gasteiger partial charge in [-0.25, -0.2) is 0 Å². The number of aromatic nitrogens is 3. The van der Waals surface area contributed by atoms with Gasteiger partial charge in [-0.1, -0.05) is 0 Å². The molecular weight excluding hydrogens is 214 g/mol. The van der Waals surface area contributed by atoms with E-state index < -0.39 is 0 Å². The molecule has 1 atom stereocenters. The van der Waals surface area contributed by atoms with Gasteiger partial charge in [0, 0.05) is 30.3 Å². The zero-order valence-corrected chi connectivity index (χ0v) is 9.50. The van der Waals surface area contributed by atoms with Gasteiger partial charge >= 0.3 is 0 Å². The predicted octanol–water partition coefficient (Wildman–Crippen LogP) is 0.801. The highest BCUT2D eigenvalue weighted by atomic mass is 15.3. The lowest BCUT2D eigenvalue weighted by molar-refractivity contribution is 0.456. The molecule has 88 valence electrons. The van der Waals surface area contributed by atoms with Gasteiger partial charge in [0.25, 0.3) is 0 Å². The molecule has 1 aliphatic heterocycles. The van der Waals surface area contributed by atoms with E-state index in [0.717, 1.165) is 42.3 Å². The number of fused-ring (bicyclic) bond motifs is 1. The Hall–Kier alpha value is -1.88. The predicted molar refractivity (Wildman–Crippen MR) is 66.2 cm³/mol. The lowest BCUT2D eigenvalue weighted by atomic mass is 10.1. The minimum absolute atomic E-state index is 0.200. The highest BCUT2D eigenvalue weighted by Gasteiger charge is 2.20. The van der Waals surface area contributed by atoms with Crippen molar-refractivity contribution in [3.8, 4) is 11.4 Å². The van der Waals surface area contributed by atoms with Crippen molar-refractivity contribution in [2.24, 2.45) is 5.73 Å². The van der Waals surface area contributed by atoms with Crippen molar-refractivity contribution in [3.63, 3.8) is 0 Å². The van der Waals surface area contributed by atoms with Crippen LogP contribution in [0.5, 0.6) is 0 Å². The zero-order chi connectivity index (χ0) is 11.8. The molecule has 17 heavy (non-hydrogen) atoms. The highest BCUT2D eigenvalue weighted by Crippen LogP contribution is 2.23. The Labute approximate surface area is 99.4 Å². The van der Waals surface area contributed by atoms with E-state index in [1.165, 1.54) is 0 Å². The second-order valence-corrected chi connectivity index (χ2v) is 4.47. The quantitative estimate of drug-likeness (QED) is 0.708. The van der Waals surface area contributed by atoms with Gasteiger partial charge in [-0.05, 0) is 30.7 Å². The Balaban J connectivity index is 2.04. The minimum Gasteiger partial charge on any atom is -0.399 e. The van der Waals surface area contributed by atoms with E-state index in [1.807, 2.05) is 24.3 Å². The van der Waals surface area contributed by atoms with Crippen molar-refractivity contribution in [2.75, 3.05) is 5.73 Å². The van der Waals surface area contributed by atoms with Crippen LogP contribution in [0.4, 0.5) is 5.69 Å². The summed E-state index contributed by atoms with van der Waals surface area (Å²) in [6, 6.07) is 7.88. The third-order valence-electron chi connectivity index (χ3n) is 3.15. The van der Waals surface area contributed by atoms with Gasteiger partial charge in [-0.3, -0.25) is 0 Å². The molecule has 0 fully saturated rings. The van der Waals surface area contributed by atoms with Gasteiger partial charge in [-0.2, -0.15) is 0 Å². The number of nitrogens with zero attached hydrogens (tertiary/aromatic N) is 3. The minimum atomic E-state index is 0.200. The van der Waals surface area contributed by atoms with E-state index in [4.69, 9.17) is 11.5 Å². The average Bonchev–Trinajstić information content (AvgIpc) is 2.73. The fraction of sp³-hybridized carbons (Fsp3) is 0.333. The van der Waals surface area contributed by atoms with Gasteiger partial charge < -0.3 is 16.0 Å². The molecule has 0 aliphatic carbocycles. The summed E-state index contributed by atoms with van der Waals surface area (Å²) in [5, 5.41) is 8.46. The third-order valence-corrected chi connectivity index (χ3v) is 3.15. The van der Waals surface area contributed by atoms with Crippen LogP contribution in [-0.2, 0) is 13.0 Å². The summed E-state index contributed by atoms with van der Waals surface area (Å²) in [6.07, 6.45) is 1.89. The molecule has 2 aromatic rings. The molecule has 3 rings (SSSR count). The summed E-state index contributed by atoms with van der Waals surface area (Å²) >= 11 is 0.